The molecule has 0 saturated heterocycles. The van der Waals surface area contributed by atoms with Crippen LogP contribution in [0.25, 0.3) is 0 Å². The molecule has 2 amide bonds. The van der Waals surface area contributed by atoms with Gasteiger partial charge >= 0.3 is 0 Å². The Morgan fingerprint density at radius 2 is 1.85 bits per heavy atom. The number of primary amides is 1. The summed E-state index contributed by atoms with van der Waals surface area (Å²) in [5, 5.41) is 2.97. The van der Waals surface area contributed by atoms with Gasteiger partial charge in [0.2, 0.25) is 5.91 Å². The number of hydrogen-bond acceptors (Lipinski definition) is 4. The van der Waals surface area contributed by atoms with Gasteiger partial charge in [0, 0.05) is 25.2 Å². The smallest absolute Gasteiger partial charge is 0.251 e. The van der Waals surface area contributed by atoms with Gasteiger partial charge < -0.3 is 16.0 Å². The second-order valence-electron chi connectivity index (χ2n) is 9.76. The van der Waals surface area contributed by atoms with E-state index in [0.717, 1.165) is 11.8 Å². The molecule has 2 unspecified atom stereocenters. The second kappa shape index (κ2) is 10.8. The Hall–Kier alpha value is -2.87. The van der Waals surface area contributed by atoms with Crippen LogP contribution >= 0.6 is 0 Å². The number of rotatable bonds is 9. The molecule has 0 saturated carbocycles. The number of nitrogens with one attached hydrogen (secondary N) is 1. The SMILES string of the molecule is Cc1c(CC(CNC(=O)CC(c2cncc(F)c2)C(C)(C)C)N(C)C)ccc(C(N)=O)c1F. The van der Waals surface area contributed by atoms with Crippen molar-refractivity contribution in [1.29, 1.82) is 0 Å². The van der Waals surface area contributed by atoms with Gasteiger partial charge in [0.1, 0.15) is 11.6 Å². The highest BCUT2D eigenvalue weighted by molar-refractivity contribution is 5.93. The van der Waals surface area contributed by atoms with Gasteiger partial charge in [-0.05, 0) is 67.6 Å². The van der Waals surface area contributed by atoms with Crippen molar-refractivity contribution >= 4 is 11.8 Å². The summed E-state index contributed by atoms with van der Waals surface area (Å²) in [6.45, 7) is 7.98. The zero-order valence-electron chi connectivity index (χ0n) is 20.2. The van der Waals surface area contributed by atoms with Gasteiger partial charge in [0.15, 0.2) is 0 Å². The molecule has 1 aromatic carbocycles. The highest BCUT2D eigenvalue weighted by Crippen LogP contribution is 2.37. The van der Waals surface area contributed by atoms with E-state index < -0.39 is 17.5 Å². The lowest BCUT2D eigenvalue weighted by molar-refractivity contribution is -0.122. The maximum absolute atomic E-state index is 14.5. The molecule has 180 valence electrons. The monoisotopic (exact) mass is 460 g/mol. The van der Waals surface area contributed by atoms with Gasteiger partial charge in [0.05, 0.1) is 11.8 Å². The summed E-state index contributed by atoms with van der Waals surface area (Å²) in [6.07, 6.45) is 3.41. The van der Waals surface area contributed by atoms with Crippen LogP contribution in [0.3, 0.4) is 0 Å². The third-order valence-electron chi connectivity index (χ3n) is 6.05. The first-order valence-corrected chi connectivity index (χ1v) is 10.9. The minimum absolute atomic E-state index is 0.101. The summed E-state index contributed by atoms with van der Waals surface area (Å²) < 4.78 is 28.2. The molecule has 0 aliphatic rings. The molecule has 0 aliphatic carbocycles. The number of halogens is 2. The van der Waals surface area contributed by atoms with Crippen LogP contribution in [-0.4, -0.2) is 48.4 Å². The fourth-order valence-electron chi connectivity index (χ4n) is 3.86. The molecule has 0 aliphatic heterocycles. The summed E-state index contributed by atoms with van der Waals surface area (Å²) in [7, 11) is 3.77. The molecule has 2 atom stereocenters. The number of aromatic nitrogens is 1. The Kier molecular flexibility index (Phi) is 8.66. The number of amides is 2. The molecule has 8 heteroatoms. The van der Waals surface area contributed by atoms with Crippen LogP contribution in [0.1, 0.15) is 60.2 Å². The van der Waals surface area contributed by atoms with Gasteiger partial charge in [-0.25, -0.2) is 8.78 Å². The first-order valence-electron chi connectivity index (χ1n) is 10.9. The molecule has 3 N–H and O–H groups in total. The highest BCUT2D eigenvalue weighted by Gasteiger charge is 2.29. The van der Waals surface area contributed by atoms with Crippen molar-refractivity contribution in [3.63, 3.8) is 0 Å². The Morgan fingerprint density at radius 3 is 2.39 bits per heavy atom. The number of hydrogen-bond donors (Lipinski definition) is 2. The van der Waals surface area contributed by atoms with E-state index in [1.54, 1.807) is 19.2 Å². The van der Waals surface area contributed by atoms with Crippen LogP contribution in [-0.2, 0) is 11.2 Å². The van der Waals surface area contributed by atoms with Gasteiger partial charge in [-0.15, -0.1) is 0 Å². The van der Waals surface area contributed by atoms with Crippen molar-refractivity contribution in [2.24, 2.45) is 11.1 Å². The molecule has 6 nitrogen and oxygen atoms in total. The van der Waals surface area contributed by atoms with E-state index >= 15 is 0 Å². The predicted molar refractivity (Wildman–Crippen MR) is 125 cm³/mol. The van der Waals surface area contributed by atoms with Crippen LogP contribution in [0.15, 0.2) is 30.6 Å². The quantitative estimate of drug-likeness (QED) is 0.599. The van der Waals surface area contributed by atoms with E-state index in [4.69, 9.17) is 5.73 Å². The molecule has 0 spiro atoms. The Balaban J connectivity index is 2.11. The van der Waals surface area contributed by atoms with Crippen LogP contribution < -0.4 is 11.1 Å². The first-order chi connectivity index (χ1) is 15.3. The van der Waals surface area contributed by atoms with Gasteiger partial charge in [-0.3, -0.25) is 14.6 Å². The van der Waals surface area contributed by atoms with Crippen LogP contribution in [0.5, 0.6) is 0 Å². The number of benzene rings is 1. The van der Waals surface area contributed by atoms with Crippen LogP contribution in [0, 0.1) is 24.0 Å². The molecule has 0 fully saturated rings. The molecule has 2 rings (SSSR count). The molecule has 2 aromatic rings. The predicted octanol–water partition coefficient (Wildman–Crippen LogP) is 3.58. The largest absolute Gasteiger partial charge is 0.366 e. The molecular weight excluding hydrogens is 426 g/mol. The Labute approximate surface area is 194 Å². The summed E-state index contributed by atoms with van der Waals surface area (Å²) >= 11 is 0. The summed E-state index contributed by atoms with van der Waals surface area (Å²) in [4.78, 5) is 30.1. The molecular formula is C25H34F2N4O2. The molecule has 1 heterocycles. The fraction of sp³-hybridized carbons (Fsp3) is 0.480. The minimum Gasteiger partial charge on any atom is -0.366 e. The highest BCUT2D eigenvalue weighted by atomic mass is 19.1. The standard InChI is InChI=1S/C25H34F2N4O2/c1-15-16(7-8-20(23(15)27)24(28)33)10-19(31(5)6)14-30-22(32)11-21(25(2,3)4)17-9-18(26)13-29-12-17/h7-9,12-13,19,21H,10-11,14H2,1-6H3,(H2,28,33)(H,30,32). The summed E-state index contributed by atoms with van der Waals surface area (Å²) in [6, 6.07) is 4.41. The number of likely N-dealkylation sites (N-methyl/N-ethyl adjacent to an activating group) is 1. The number of pyridine rings is 1. The number of carbonyl (C=O) groups excluding carboxylic acids is 2. The van der Waals surface area contributed by atoms with E-state index in [1.165, 1.54) is 12.1 Å². The lowest BCUT2D eigenvalue weighted by atomic mass is 9.75. The Morgan fingerprint density at radius 1 is 1.18 bits per heavy atom. The van der Waals surface area contributed by atoms with E-state index in [9.17, 15) is 18.4 Å². The average molecular weight is 461 g/mol. The molecule has 0 bridgehead atoms. The Bertz CT molecular complexity index is 1000. The van der Waals surface area contributed by atoms with Gasteiger partial charge in [-0.1, -0.05) is 26.8 Å². The van der Waals surface area contributed by atoms with Gasteiger partial charge in [0.25, 0.3) is 5.91 Å². The average Bonchev–Trinajstić information content (AvgIpc) is 2.70. The maximum atomic E-state index is 14.5. The van der Waals surface area contributed by atoms with Crippen molar-refractivity contribution in [3.05, 3.63) is 64.5 Å². The third-order valence-corrected chi connectivity index (χ3v) is 6.05. The van der Waals surface area contributed by atoms with E-state index in [2.05, 4.69) is 10.3 Å². The second-order valence-corrected chi connectivity index (χ2v) is 9.76. The van der Waals surface area contributed by atoms with Crippen molar-refractivity contribution in [3.8, 4) is 0 Å². The van der Waals surface area contributed by atoms with Gasteiger partial charge in [-0.2, -0.15) is 0 Å². The zero-order chi connectivity index (χ0) is 24.9. The van der Waals surface area contributed by atoms with Crippen molar-refractivity contribution < 1.29 is 18.4 Å². The van der Waals surface area contributed by atoms with Crippen molar-refractivity contribution in [2.45, 2.75) is 52.5 Å². The van der Waals surface area contributed by atoms with E-state index in [0.29, 0.717) is 24.1 Å². The zero-order valence-corrected chi connectivity index (χ0v) is 20.2. The summed E-state index contributed by atoms with van der Waals surface area (Å²) in [5.41, 5.74) is 6.61. The van der Waals surface area contributed by atoms with Crippen LogP contribution in [0.2, 0.25) is 0 Å². The van der Waals surface area contributed by atoms with E-state index in [-0.39, 0.29) is 35.3 Å². The maximum Gasteiger partial charge on any atom is 0.251 e. The third kappa shape index (κ3) is 7.05. The molecule has 0 radical (unpaired) electrons. The molecule has 1 aromatic heterocycles. The first kappa shape index (κ1) is 26.4. The minimum atomic E-state index is -0.805. The van der Waals surface area contributed by atoms with Crippen molar-refractivity contribution in [1.82, 2.24) is 15.2 Å². The molecule has 33 heavy (non-hydrogen) atoms. The summed E-state index contributed by atoms with van der Waals surface area (Å²) in [5.74, 6) is -2.22. The van der Waals surface area contributed by atoms with Crippen molar-refractivity contribution in [2.75, 3.05) is 20.6 Å². The number of nitrogens with zero attached hydrogens (tertiary/aromatic N) is 2. The van der Waals surface area contributed by atoms with Crippen LogP contribution in [0.4, 0.5) is 8.78 Å². The number of carbonyl (C=O) groups is 2. The topological polar surface area (TPSA) is 88.3 Å². The lowest BCUT2D eigenvalue weighted by Crippen LogP contribution is -2.42. The van der Waals surface area contributed by atoms with E-state index in [1.807, 2.05) is 39.8 Å². The normalized spacial score (nSPS) is 13.6. The fourth-order valence-corrected chi connectivity index (χ4v) is 3.86. The lowest BCUT2D eigenvalue weighted by Gasteiger charge is -2.31. The number of nitrogens with two attached hydrogens (primary N) is 1.